The fourth-order valence-electron chi connectivity index (χ4n) is 3.49. The van der Waals surface area contributed by atoms with Gasteiger partial charge in [-0.3, -0.25) is 0 Å². The molecule has 1 saturated heterocycles. The number of anilines is 1. The van der Waals surface area contributed by atoms with Crippen molar-refractivity contribution in [3.05, 3.63) is 42.2 Å². The fourth-order valence-corrected chi connectivity index (χ4v) is 4.69. The van der Waals surface area contributed by atoms with Crippen molar-refractivity contribution in [1.82, 2.24) is 24.5 Å². The highest BCUT2D eigenvalue weighted by molar-refractivity contribution is 7.89. The molecule has 0 radical (unpaired) electrons. The Kier molecular flexibility index (Phi) is 5.63. The number of benzene rings is 1. The maximum absolute atomic E-state index is 12.6. The third kappa shape index (κ3) is 4.18. The second-order valence-corrected chi connectivity index (χ2v) is 8.66. The van der Waals surface area contributed by atoms with Crippen LogP contribution in [0.5, 0.6) is 5.75 Å². The monoisotopic (exact) mass is 416 g/mol. The topological polar surface area (TPSA) is 102 Å². The minimum atomic E-state index is -3.70. The van der Waals surface area contributed by atoms with E-state index in [0.29, 0.717) is 23.6 Å². The highest BCUT2D eigenvalue weighted by atomic mass is 32.2. The molecule has 29 heavy (non-hydrogen) atoms. The van der Waals surface area contributed by atoms with Crippen molar-refractivity contribution in [2.75, 3.05) is 31.6 Å². The number of ether oxygens (including phenoxy) is 1. The summed E-state index contributed by atoms with van der Waals surface area (Å²) >= 11 is 0. The van der Waals surface area contributed by atoms with Crippen molar-refractivity contribution in [1.29, 1.82) is 0 Å². The number of piperidine rings is 1. The number of fused-ring (bicyclic) bond motifs is 1. The summed E-state index contributed by atoms with van der Waals surface area (Å²) in [5.74, 6) is 1.82. The van der Waals surface area contributed by atoms with Gasteiger partial charge in [-0.05, 0) is 43.5 Å². The van der Waals surface area contributed by atoms with Crippen LogP contribution in [-0.2, 0) is 16.4 Å². The van der Waals surface area contributed by atoms with Crippen LogP contribution in [-0.4, -0.2) is 55.0 Å². The molecular weight excluding hydrogens is 392 g/mol. The minimum absolute atomic E-state index is 0.110. The standard InChI is InChI=1S/C19H24N6O3S/c1-28-15-7-3-4-8-16(15)29(26,27)20-12-11-18-22-21-17-9-10-19(23-25(17)18)24-13-5-2-6-14-24/h3-4,7-10,20H,2,5-6,11-14H2,1H3. The smallest absolute Gasteiger partial charge is 0.244 e. The van der Waals surface area contributed by atoms with E-state index in [2.05, 4.69) is 24.9 Å². The molecule has 154 valence electrons. The summed E-state index contributed by atoms with van der Waals surface area (Å²) in [7, 11) is -2.25. The van der Waals surface area contributed by atoms with Gasteiger partial charge in [0.1, 0.15) is 16.5 Å². The molecule has 0 spiro atoms. The number of rotatable bonds is 7. The van der Waals surface area contributed by atoms with Gasteiger partial charge in [0.2, 0.25) is 10.0 Å². The predicted octanol–water partition coefficient (Wildman–Crippen LogP) is 1.64. The molecule has 4 rings (SSSR count). The van der Waals surface area contributed by atoms with Crippen LogP contribution < -0.4 is 14.4 Å². The Hall–Kier alpha value is -2.72. The molecular formula is C19H24N6O3S. The molecule has 1 aliphatic rings. The van der Waals surface area contributed by atoms with Gasteiger partial charge in [-0.1, -0.05) is 12.1 Å². The lowest BCUT2D eigenvalue weighted by Gasteiger charge is -2.27. The molecule has 0 aliphatic carbocycles. The van der Waals surface area contributed by atoms with Crippen LogP contribution in [0.3, 0.4) is 0 Å². The van der Waals surface area contributed by atoms with Gasteiger partial charge in [0.25, 0.3) is 0 Å². The van der Waals surface area contributed by atoms with Crippen LogP contribution in [0, 0.1) is 0 Å². The second-order valence-electron chi connectivity index (χ2n) is 6.92. The van der Waals surface area contributed by atoms with E-state index < -0.39 is 10.0 Å². The first-order chi connectivity index (χ1) is 14.1. The Labute approximate surface area is 169 Å². The van der Waals surface area contributed by atoms with Gasteiger partial charge >= 0.3 is 0 Å². The number of aromatic nitrogens is 4. The molecule has 1 aliphatic heterocycles. The molecule has 2 aromatic heterocycles. The molecule has 1 fully saturated rings. The molecule has 1 N–H and O–H groups in total. The number of hydrogen-bond acceptors (Lipinski definition) is 7. The molecule has 0 saturated carbocycles. The molecule has 3 heterocycles. The fraction of sp³-hybridized carbons (Fsp3) is 0.421. The van der Waals surface area contributed by atoms with Gasteiger partial charge in [-0.2, -0.15) is 4.52 Å². The summed E-state index contributed by atoms with van der Waals surface area (Å²) in [6.07, 6.45) is 3.95. The molecule has 10 heteroatoms. The number of nitrogens with zero attached hydrogens (tertiary/aromatic N) is 5. The lowest BCUT2D eigenvalue weighted by atomic mass is 10.1. The predicted molar refractivity (Wildman–Crippen MR) is 109 cm³/mol. The zero-order valence-corrected chi connectivity index (χ0v) is 17.1. The zero-order chi connectivity index (χ0) is 20.3. The number of nitrogens with one attached hydrogen (secondary N) is 1. The first kappa shape index (κ1) is 19.6. The van der Waals surface area contributed by atoms with Crippen molar-refractivity contribution in [3.8, 4) is 5.75 Å². The molecule has 0 unspecified atom stereocenters. The van der Waals surface area contributed by atoms with E-state index in [1.807, 2.05) is 12.1 Å². The SMILES string of the molecule is COc1ccccc1S(=O)(=O)NCCc1nnc2ccc(N3CCCCC3)nn12. The summed E-state index contributed by atoms with van der Waals surface area (Å²) in [6, 6.07) is 10.4. The molecule has 9 nitrogen and oxygen atoms in total. The summed E-state index contributed by atoms with van der Waals surface area (Å²) in [5.41, 5.74) is 0.647. The third-order valence-corrected chi connectivity index (χ3v) is 6.49. The molecule has 0 atom stereocenters. The number of methoxy groups -OCH3 is 1. The largest absolute Gasteiger partial charge is 0.495 e. The number of hydrogen-bond donors (Lipinski definition) is 1. The summed E-state index contributed by atoms with van der Waals surface area (Å²) < 4.78 is 34.7. The van der Waals surface area contributed by atoms with Crippen LogP contribution >= 0.6 is 0 Å². The van der Waals surface area contributed by atoms with Crippen molar-refractivity contribution in [2.45, 2.75) is 30.6 Å². The minimum Gasteiger partial charge on any atom is -0.495 e. The second kappa shape index (κ2) is 8.34. The van der Waals surface area contributed by atoms with E-state index in [0.717, 1.165) is 18.9 Å². The van der Waals surface area contributed by atoms with Gasteiger partial charge in [-0.25, -0.2) is 13.1 Å². The van der Waals surface area contributed by atoms with Crippen LogP contribution in [0.25, 0.3) is 5.65 Å². The van der Waals surface area contributed by atoms with Gasteiger partial charge in [-0.15, -0.1) is 15.3 Å². The Bertz CT molecular complexity index is 1090. The average molecular weight is 417 g/mol. The summed E-state index contributed by atoms with van der Waals surface area (Å²) in [5, 5.41) is 13.0. The van der Waals surface area contributed by atoms with Crippen LogP contribution in [0.2, 0.25) is 0 Å². The van der Waals surface area contributed by atoms with E-state index in [4.69, 9.17) is 4.74 Å². The lowest BCUT2D eigenvalue weighted by molar-refractivity contribution is 0.402. The van der Waals surface area contributed by atoms with Gasteiger partial charge < -0.3 is 9.64 Å². The zero-order valence-electron chi connectivity index (χ0n) is 16.3. The van der Waals surface area contributed by atoms with Crippen molar-refractivity contribution >= 4 is 21.5 Å². The molecule has 0 amide bonds. The first-order valence-corrected chi connectivity index (χ1v) is 11.2. The van der Waals surface area contributed by atoms with Crippen molar-refractivity contribution < 1.29 is 13.2 Å². The maximum atomic E-state index is 12.6. The normalized spacial score (nSPS) is 15.0. The van der Waals surface area contributed by atoms with Crippen LogP contribution in [0.15, 0.2) is 41.3 Å². The van der Waals surface area contributed by atoms with Crippen molar-refractivity contribution in [3.63, 3.8) is 0 Å². The number of para-hydroxylation sites is 1. The van der Waals surface area contributed by atoms with E-state index in [9.17, 15) is 8.42 Å². The summed E-state index contributed by atoms with van der Waals surface area (Å²) in [6.45, 7) is 2.17. The molecule has 1 aromatic carbocycles. The Morgan fingerprint density at radius 1 is 1.07 bits per heavy atom. The Morgan fingerprint density at radius 2 is 1.86 bits per heavy atom. The van der Waals surface area contributed by atoms with E-state index >= 15 is 0 Å². The van der Waals surface area contributed by atoms with Gasteiger partial charge in [0.05, 0.1) is 7.11 Å². The first-order valence-electron chi connectivity index (χ1n) is 9.67. The highest BCUT2D eigenvalue weighted by Gasteiger charge is 2.19. The quantitative estimate of drug-likeness (QED) is 0.625. The molecule has 3 aromatic rings. The van der Waals surface area contributed by atoms with E-state index in [-0.39, 0.29) is 11.4 Å². The highest BCUT2D eigenvalue weighted by Crippen LogP contribution is 2.22. The van der Waals surface area contributed by atoms with Crippen molar-refractivity contribution in [2.24, 2.45) is 0 Å². The summed E-state index contributed by atoms with van der Waals surface area (Å²) in [4.78, 5) is 2.37. The van der Waals surface area contributed by atoms with Crippen LogP contribution in [0.4, 0.5) is 5.82 Å². The van der Waals surface area contributed by atoms with E-state index in [1.165, 1.54) is 32.4 Å². The maximum Gasteiger partial charge on any atom is 0.244 e. The molecule has 0 bridgehead atoms. The average Bonchev–Trinajstić information content (AvgIpc) is 3.16. The van der Waals surface area contributed by atoms with Crippen LogP contribution in [0.1, 0.15) is 25.1 Å². The van der Waals surface area contributed by atoms with Gasteiger partial charge in [0.15, 0.2) is 11.5 Å². The van der Waals surface area contributed by atoms with E-state index in [1.54, 1.807) is 22.7 Å². The number of sulfonamides is 1. The Balaban J connectivity index is 1.48. The van der Waals surface area contributed by atoms with Gasteiger partial charge in [0, 0.05) is 26.1 Å². The third-order valence-electron chi connectivity index (χ3n) is 4.99. The lowest BCUT2D eigenvalue weighted by Crippen LogP contribution is -2.30. The Morgan fingerprint density at radius 3 is 2.66 bits per heavy atom.